The Bertz CT molecular complexity index is 727. The molecule has 0 radical (unpaired) electrons. The number of hydrogen-bond acceptors (Lipinski definition) is 5. The quantitative estimate of drug-likeness (QED) is 0.691. The van der Waals surface area contributed by atoms with E-state index in [0.29, 0.717) is 0 Å². The van der Waals surface area contributed by atoms with Crippen LogP contribution < -0.4 is 5.11 Å². The number of carbonyl (C=O) groups is 2. The van der Waals surface area contributed by atoms with Gasteiger partial charge >= 0.3 is 0 Å². The maximum atomic E-state index is 12.9. The molecule has 1 saturated heterocycles. The molecule has 1 aromatic carbocycles. The zero-order valence-electron chi connectivity index (χ0n) is 13.9. The molecular weight excluding hydrogens is 351 g/mol. The third-order valence-corrected chi connectivity index (χ3v) is 5.99. The maximum Gasteiger partial charge on any atom is 0.243 e. The van der Waals surface area contributed by atoms with Crippen molar-refractivity contribution in [2.75, 3.05) is 26.2 Å². The molecule has 1 atom stereocenters. The largest absolute Gasteiger partial charge is 0.550 e. The Kier molecular flexibility index (Phi) is 6.12. The topological polar surface area (TPSA) is 97.8 Å². The Morgan fingerprint density at radius 1 is 1.12 bits per heavy atom. The predicted molar refractivity (Wildman–Crippen MR) is 85.1 cm³/mol. The lowest BCUT2D eigenvalue weighted by Gasteiger charge is -2.34. The van der Waals surface area contributed by atoms with Gasteiger partial charge in [-0.05, 0) is 36.6 Å². The van der Waals surface area contributed by atoms with Gasteiger partial charge in [-0.15, -0.1) is 0 Å². The zero-order chi connectivity index (χ0) is 18.6. The van der Waals surface area contributed by atoms with Crippen molar-refractivity contribution in [2.45, 2.75) is 24.7 Å². The molecule has 25 heavy (non-hydrogen) atoms. The number of rotatable bonds is 6. The first-order valence-corrected chi connectivity index (χ1v) is 9.37. The van der Waals surface area contributed by atoms with Gasteiger partial charge in [-0.25, -0.2) is 12.8 Å². The molecule has 0 bridgehead atoms. The van der Waals surface area contributed by atoms with Gasteiger partial charge in [-0.1, -0.05) is 6.92 Å². The van der Waals surface area contributed by atoms with Gasteiger partial charge < -0.3 is 14.8 Å². The smallest absolute Gasteiger partial charge is 0.243 e. The lowest BCUT2D eigenvalue weighted by molar-refractivity contribution is -0.306. The molecule has 1 amide bonds. The van der Waals surface area contributed by atoms with Crippen LogP contribution in [0, 0.1) is 11.7 Å². The summed E-state index contributed by atoms with van der Waals surface area (Å²) in [5.41, 5.74) is 0. The molecule has 1 aliphatic rings. The molecule has 138 valence electrons. The lowest BCUT2D eigenvalue weighted by atomic mass is 10.0. The fourth-order valence-corrected chi connectivity index (χ4v) is 4.14. The molecule has 0 unspecified atom stereocenters. The average Bonchev–Trinajstić information content (AvgIpc) is 2.54. The Morgan fingerprint density at radius 2 is 1.68 bits per heavy atom. The number of amides is 1. The minimum atomic E-state index is -3.72. The van der Waals surface area contributed by atoms with Crippen molar-refractivity contribution in [1.82, 2.24) is 9.21 Å². The van der Waals surface area contributed by atoms with Crippen LogP contribution in [-0.2, 0) is 19.6 Å². The van der Waals surface area contributed by atoms with E-state index in [4.69, 9.17) is 0 Å². The first-order chi connectivity index (χ1) is 11.7. The van der Waals surface area contributed by atoms with Gasteiger partial charge in [0.15, 0.2) is 0 Å². The number of carbonyl (C=O) groups excluding carboxylic acids is 2. The first kappa shape index (κ1) is 19.3. The molecule has 0 spiro atoms. The van der Waals surface area contributed by atoms with Crippen molar-refractivity contribution in [1.29, 1.82) is 0 Å². The number of carboxylic acids is 1. The number of nitrogens with zero attached hydrogens (tertiary/aromatic N) is 2. The van der Waals surface area contributed by atoms with Crippen LogP contribution in [0.4, 0.5) is 4.39 Å². The highest BCUT2D eigenvalue weighted by Crippen LogP contribution is 2.19. The lowest BCUT2D eigenvalue weighted by Crippen LogP contribution is -2.50. The number of sulfonamides is 1. The Morgan fingerprint density at radius 3 is 2.20 bits per heavy atom. The zero-order valence-corrected chi connectivity index (χ0v) is 14.7. The molecule has 9 heteroatoms. The second kappa shape index (κ2) is 7.92. The van der Waals surface area contributed by atoms with E-state index in [1.165, 1.54) is 21.3 Å². The average molecular weight is 371 g/mol. The minimum Gasteiger partial charge on any atom is -0.550 e. The SMILES string of the molecule is C[C@H](CC(=O)[O-])CC(=O)N1CCN(S(=O)(=O)c2ccc(F)cc2)CC1. The van der Waals surface area contributed by atoms with E-state index in [1.807, 2.05) is 0 Å². The summed E-state index contributed by atoms with van der Waals surface area (Å²) in [6.07, 6.45) is -0.108. The minimum absolute atomic E-state index is 0.0104. The Labute approximate surface area is 146 Å². The number of benzene rings is 1. The molecular formula is C16H20FN2O5S-. The van der Waals surface area contributed by atoms with E-state index in [9.17, 15) is 27.5 Å². The van der Waals surface area contributed by atoms with Gasteiger partial charge in [0.25, 0.3) is 0 Å². The van der Waals surface area contributed by atoms with E-state index in [1.54, 1.807) is 6.92 Å². The van der Waals surface area contributed by atoms with Gasteiger partial charge in [-0.3, -0.25) is 4.79 Å². The van der Waals surface area contributed by atoms with Crippen LogP contribution in [0.5, 0.6) is 0 Å². The summed E-state index contributed by atoms with van der Waals surface area (Å²) in [5, 5.41) is 10.5. The standard InChI is InChI=1S/C16H21FN2O5S/c1-12(11-16(21)22)10-15(20)18-6-8-19(9-7-18)25(23,24)14-4-2-13(17)3-5-14/h2-5,12H,6-11H2,1H3,(H,21,22)/p-1/t12-/m0/s1. The van der Waals surface area contributed by atoms with Crippen molar-refractivity contribution in [3.05, 3.63) is 30.1 Å². The molecule has 7 nitrogen and oxygen atoms in total. The van der Waals surface area contributed by atoms with Crippen LogP contribution in [0.25, 0.3) is 0 Å². The number of hydrogen-bond donors (Lipinski definition) is 0. The summed E-state index contributed by atoms with van der Waals surface area (Å²) >= 11 is 0. The molecule has 1 fully saturated rings. The van der Waals surface area contributed by atoms with E-state index in [0.717, 1.165) is 12.1 Å². The maximum absolute atomic E-state index is 12.9. The summed E-state index contributed by atoms with van der Waals surface area (Å²) < 4.78 is 39.2. The molecule has 1 aliphatic heterocycles. The van der Waals surface area contributed by atoms with E-state index >= 15 is 0 Å². The van der Waals surface area contributed by atoms with Crippen LogP contribution >= 0.6 is 0 Å². The van der Waals surface area contributed by atoms with E-state index in [-0.39, 0.29) is 55.7 Å². The van der Waals surface area contributed by atoms with E-state index < -0.39 is 21.8 Å². The number of halogens is 1. The molecule has 0 aromatic heterocycles. The van der Waals surface area contributed by atoms with E-state index in [2.05, 4.69) is 0 Å². The van der Waals surface area contributed by atoms with Crippen LogP contribution in [0.15, 0.2) is 29.2 Å². The van der Waals surface area contributed by atoms with Crippen molar-refractivity contribution < 1.29 is 27.5 Å². The third-order valence-electron chi connectivity index (χ3n) is 4.08. The summed E-state index contributed by atoms with van der Waals surface area (Å²) in [7, 11) is -3.72. The van der Waals surface area contributed by atoms with Crippen molar-refractivity contribution in [3.63, 3.8) is 0 Å². The Hall–Kier alpha value is -2.00. The van der Waals surface area contributed by atoms with Gasteiger partial charge in [0.1, 0.15) is 5.82 Å². The second-order valence-electron chi connectivity index (χ2n) is 6.12. The van der Waals surface area contributed by atoms with Crippen LogP contribution in [0.1, 0.15) is 19.8 Å². The highest BCUT2D eigenvalue weighted by Gasteiger charge is 2.30. The van der Waals surface area contributed by atoms with Crippen molar-refractivity contribution >= 4 is 21.9 Å². The molecule has 2 rings (SSSR count). The van der Waals surface area contributed by atoms with Crippen LogP contribution in [0.3, 0.4) is 0 Å². The van der Waals surface area contributed by atoms with Gasteiger partial charge in [0, 0.05) is 38.6 Å². The van der Waals surface area contributed by atoms with Gasteiger partial charge in [0.2, 0.25) is 15.9 Å². The monoisotopic (exact) mass is 371 g/mol. The molecule has 0 N–H and O–H groups in total. The fraction of sp³-hybridized carbons (Fsp3) is 0.500. The summed E-state index contributed by atoms with van der Waals surface area (Å²) in [6, 6.07) is 4.60. The fourth-order valence-electron chi connectivity index (χ4n) is 2.72. The van der Waals surface area contributed by atoms with Crippen molar-refractivity contribution in [3.8, 4) is 0 Å². The molecule has 0 aliphatic carbocycles. The van der Waals surface area contributed by atoms with Gasteiger partial charge in [0.05, 0.1) is 4.90 Å². The first-order valence-electron chi connectivity index (χ1n) is 7.93. The van der Waals surface area contributed by atoms with Gasteiger partial charge in [-0.2, -0.15) is 4.31 Å². The highest BCUT2D eigenvalue weighted by atomic mass is 32.2. The Balaban J connectivity index is 1.93. The summed E-state index contributed by atoms with van der Waals surface area (Å²) in [4.78, 5) is 24.2. The van der Waals surface area contributed by atoms with Crippen LogP contribution in [-0.4, -0.2) is 55.7 Å². The summed E-state index contributed by atoms with van der Waals surface area (Å²) in [5.74, 6) is -2.25. The van der Waals surface area contributed by atoms with Crippen molar-refractivity contribution in [2.24, 2.45) is 5.92 Å². The van der Waals surface area contributed by atoms with Crippen LogP contribution in [0.2, 0.25) is 0 Å². The normalized spacial score (nSPS) is 17.3. The number of carboxylic acid groups (broad SMARTS) is 1. The predicted octanol–water partition coefficient (Wildman–Crippen LogP) is -0.175. The third kappa shape index (κ3) is 4.99. The molecule has 0 saturated carbocycles. The molecule has 1 aromatic rings. The molecule has 1 heterocycles. The number of piperazine rings is 1. The second-order valence-corrected chi connectivity index (χ2v) is 8.06. The summed E-state index contributed by atoms with van der Waals surface area (Å²) in [6.45, 7) is 2.40. The highest BCUT2D eigenvalue weighted by molar-refractivity contribution is 7.89. The number of aliphatic carboxylic acids is 1.